The van der Waals surface area contributed by atoms with Gasteiger partial charge in [0.05, 0.1) is 6.04 Å². The number of hydrogen-bond donors (Lipinski definition) is 9. The number of carboxylic acid groups (broad SMARTS) is 2. The fourth-order valence-electron chi connectivity index (χ4n) is 4.16. The van der Waals surface area contributed by atoms with Crippen LogP contribution in [0.5, 0.6) is 5.75 Å². The van der Waals surface area contributed by atoms with Gasteiger partial charge in [0, 0.05) is 19.4 Å². The first kappa shape index (κ1) is 35.0. The monoisotopic (exact) mass is 613 g/mol. The number of benzene rings is 2. The van der Waals surface area contributed by atoms with Crippen LogP contribution in [0.1, 0.15) is 36.8 Å². The van der Waals surface area contributed by atoms with Gasteiger partial charge in [0.1, 0.15) is 23.9 Å². The molecular formula is C29H39N7O8. The Balaban J connectivity index is 2.20. The lowest BCUT2D eigenvalue weighted by atomic mass is 10.0. The number of aromatic hydroxyl groups is 1. The van der Waals surface area contributed by atoms with Gasteiger partial charge in [0.25, 0.3) is 0 Å². The molecule has 0 aromatic heterocycles. The molecule has 15 heteroatoms. The molecule has 238 valence electrons. The van der Waals surface area contributed by atoms with Gasteiger partial charge in [-0.25, -0.2) is 4.79 Å². The normalized spacial score (nSPS) is 13.4. The highest BCUT2D eigenvalue weighted by molar-refractivity contribution is 5.94. The minimum absolute atomic E-state index is 0.0000699. The fraction of sp³-hybridized carbons (Fsp3) is 0.379. The van der Waals surface area contributed by atoms with Gasteiger partial charge >= 0.3 is 11.9 Å². The third-order valence-corrected chi connectivity index (χ3v) is 6.48. The molecule has 4 unspecified atom stereocenters. The number of nitrogens with zero attached hydrogens (tertiary/aromatic N) is 1. The maximum atomic E-state index is 13.4. The highest BCUT2D eigenvalue weighted by Gasteiger charge is 2.31. The zero-order chi connectivity index (χ0) is 32.6. The first-order valence-corrected chi connectivity index (χ1v) is 13.8. The molecule has 2 aromatic carbocycles. The predicted molar refractivity (Wildman–Crippen MR) is 160 cm³/mol. The number of aliphatic carboxylic acids is 2. The van der Waals surface area contributed by atoms with Crippen LogP contribution in [0, 0.1) is 0 Å². The summed E-state index contributed by atoms with van der Waals surface area (Å²) >= 11 is 0. The second-order valence-corrected chi connectivity index (χ2v) is 10.1. The van der Waals surface area contributed by atoms with Crippen LogP contribution in [0.25, 0.3) is 0 Å². The van der Waals surface area contributed by atoms with E-state index in [9.17, 15) is 39.3 Å². The van der Waals surface area contributed by atoms with E-state index in [4.69, 9.17) is 17.2 Å². The Hall–Kier alpha value is -5.18. The average molecular weight is 614 g/mol. The summed E-state index contributed by atoms with van der Waals surface area (Å²) in [6.45, 7) is 0.145. The summed E-state index contributed by atoms with van der Waals surface area (Å²) in [5, 5.41) is 35.7. The lowest BCUT2D eigenvalue weighted by Crippen LogP contribution is -2.57. The van der Waals surface area contributed by atoms with Gasteiger partial charge in [-0.3, -0.25) is 24.2 Å². The topological polar surface area (TPSA) is 273 Å². The number of rotatable bonds is 18. The number of carbonyl (C=O) groups excluding carboxylic acids is 3. The molecule has 3 amide bonds. The van der Waals surface area contributed by atoms with E-state index >= 15 is 0 Å². The van der Waals surface area contributed by atoms with Crippen molar-refractivity contribution in [2.24, 2.45) is 22.2 Å². The van der Waals surface area contributed by atoms with Crippen LogP contribution in [0.4, 0.5) is 0 Å². The number of phenolic OH excluding ortho intramolecular Hbond substituents is 1. The third-order valence-electron chi connectivity index (χ3n) is 6.48. The molecule has 44 heavy (non-hydrogen) atoms. The Morgan fingerprint density at radius 2 is 1.30 bits per heavy atom. The fourth-order valence-corrected chi connectivity index (χ4v) is 4.16. The van der Waals surface area contributed by atoms with Crippen molar-refractivity contribution >= 4 is 35.6 Å². The van der Waals surface area contributed by atoms with Crippen LogP contribution in [-0.2, 0) is 36.8 Å². The Kier molecular flexibility index (Phi) is 14.1. The lowest BCUT2D eigenvalue weighted by Gasteiger charge is -2.25. The van der Waals surface area contributed by atoms with Crippen LogP contribution in [-0.4, -0.2) is 81.7 Å². The first-order valence-electron chi connectivity index (χ1n) is 13.8. The predicted octanol–water partition coefficient (Wildman–Crippen LogP) is -1.04. The molecule has 0 aliphatic heterocycles. The number of hydrogen-bond acceptors (Lipinski definition) is 8. The molecule has 15 nitrogen and oxygen atoms in total. The van der Waals surface area contributed by atoms with Crippen LogP contribution in [0.3, 0.4) is 0 Å². The maximum Gasteiger partial charge on any atom is 0.326 e. The van der Waals surface area contributed by atoms with E-state index in [1.54, 1.807) is 42.5 Å². The molecule has 0 spiro atoms. The molecule has 0 bridgehead atoms. The largest absolute Gasteiger partial charge is 0.508 e. The van der Waals surface area contributed by atoms with Crippen LogP contribution in [0.2, 0.25) is 0 Å². The number of aliphatic imine (C=N–C) groups is 1. The summed E-state index contributed by atoms with van der Waals surface area (Å²) in [5.41, 5.74) is 17.9. The van der Waals surface area contributed by atoms with Crippen molar-refractivity contribution < 1.29 is 39.3 Å². The zero-order valence-electron chi connectivity index (χ0n) is 24.0. The second-order valence-electron chi connectivity index (χ2n) is 10.1. The Morgan fingerprint density at radius 3 is 1.89 bits per heavy atom. The van der Waals surface area contributed by atoms with E-state index in [0.29, 0.717) is 11.1 Å². The third kappa shape index (κ3) is 12.8. The number of carbonyl (C=O) groups is 5. The highest BCUT2D eigenvalue weighted by Crippen LogP contribution is 2.12. The van der Waals surface area contributed by atoms with Gasteiger partial charge in [0.15, 0.2) is 5.96 Å². The molecule has 0 aliphatic rings. The van der Waals surface area contributed by atoms with E-state index in [-0.39, 0.29) is 50.4 Å². The number of guanidine groups is 1. The van der Waals surface area contributed by atoms with E-state index in [1.165, 1.54) is 12.1 Å². The molecule has 12 N–H and O–H groups in total. The van der Waals surface area contributed by atoms with Gasteiger partial charge in [-0.15, -0.1) is 0 Å². The Bertz CT molecular complexity index is 1300. The van der Waals surface area contributed by atoms with Crippen molar-refractivity contribution in [3.05, 3.63) is 65.7 Å². The van der Waals surface area contributed by atoms with Gasteiger partial charge < -0.3 is 48.5 Å². The van der Waals surface area contributed by atoms with Gasteiger partial charge in [0.2, 0.25) is 17.7 Å². The summed E-state index contributed by atoms with van der Waals surface area (Å²) in [4.78, 5) is 66.5. The van der Waals surface area contributed by atoms with Crippen molar-refractivity contribution in [2.45, 2.75) is 62.7 Å². The SMILES string of the molecule is NC(N)=NCCCC(NC(=O)C(Cc1ccccc1)NC(=O)C(CCC(=O)O)NC(=O)C(N)Cc1ccc(O)cc1)C(=O)O. The molecular weight excluding hydrogens is 574 g/mol. The van der Waals surface area contributed by atoms with E-state index in [1.807, 2.05) is 0 Å². The average Bonchev–Trinajstić information content (AvgIpc) is 2.97. The summed E-state index contributed by atoms with van der Waals surface area (Å²) < 4.78 is 0. The zero-order valence-corrected chi connectivity index (χ0v) is 24.0. The molecule has 0 aliphatic carbocycles. The summed E-state index contributed by atoms with van der Waals surface area (Å²) in [6, 6.07) is 9.57. The van der Waals surface area contributed by atoms with Crippen molar-refractivity contribution in [1.82, 2.24) is 16.0 Å². The van der Waals surface area contributed by atoms with Crippen molar-refractivity contribution in [3.63, 3.8) is 0 Å². The van der Waals surface area contributed by atoms with Crippen molar-refractivity contribution in [2.75, 3.05) is 6.54 Å². The number of phenols is 1. The van der Waals surface area contributed by atoms with Gasteiger partial charge in [-0.05, 0) is 48.9 Å². The Morgan fingerprint density at radius 1 is 0.727 bits per heavy atom. The lowest BCUT2D eigenvalue weighted by molar-refractivity contribution is -0.142. The number of amides is 3. The number of nitrogens with one attached hydrogen (secondary N) is 3. The van der Waals surface area contributed by atoms with Crippen LogP contribution in [0.15, 0.2) is 59.6 Å². The van der Waals surface area contributed by atoms with Gasteiger partial charge in [-0.1, -0.05) is 42.5 Å². The van der Waals surface area contributed by atoms with Crippen molar-refractivity contribution in [1.29, 1.82) is 0 Å². The Labute approximate surface area is 253 Å². The van der Waals surface area contributed by atoms with E-state index < -0.39 is 60.2 Å². The van der Waals surface area contributed by atoms with E-state index in [2.05, 4.69) is 20.9 Å². The smallest absolute Gasteiger partial charge is 0.326 e. The number of carboxylic acids is 2. The highest BCUT2D eigenvalue weighted by atomic mass is 16.4. The maximum absolute atomic E-state index is 13.4. The molecule has 0 heterocycles. The first-order chi connectivity index (χ1) is 20.8. The summed E-state index contributed by atoms with van der Waals surface area (Å²) in [5.74, 6) is -5.03. The molecule has 2 rings (SSSR count). The summed E-state index contributed by atoms with van der Waals surface area (Å²) in [7, 11) is 0. The molecule has 0 fully saturated rings. The van der Waals surface area contributed by atoms with E-state index in [0.717, 1.165) is 0 Å². The minimum atomic E-state index is -1.37. The number of nitrogens with two attached hydrogens (primary N) is 3. The molecule has 0 radical (unpaired) electrons. The summed E-state index contributed by atoms with van der Waals surface area (Å²) in [6.07, 6.45) is -0.491. The van der Waals surface area contributed by atoms with Crippen molar-refractivity contribution in [3.8, 4) is 5.75 Å². The molecule has 2 aromatic rings. The van der Waals surface area contributed by atoms with Crippen LogP contribution >= 0.6 is 0 Å². The molecule has 0 saturated carbocycles. The van der Waals surface area contributed by atoms with Crippen LogP contribution < -0.4 is 33.2 Å². The molecule has 0 saturated heterocycles. The molecule has 4 atom stereocenters. The second kappa shape index (κ2) is 17.7. The standard InChI is InChI=1S/C29H39N7O8/c30-20(15-18-8-10-19(37)11-9-18)25(40)34-21(12-13-24(38)39)26(41)36-23(16-17-5-2-1-3-6-17)27(42)35-22(28(43)44)7-4-14-33-29(31)32/h1-3,5-6,8-11,20-23,37H,4,7,12-16,30H2,(H,34,40)(H,35,42)(H,36,41)(H,38,39)(H,43,44)(H4,31,32,33). The quantitative estimate of drug-likeness (QED) is 0.0556. The minimum Gasteiger partial charge on any atom is -0.508 e. The van der Waals surface area contributed by atoms with Gasteiger partial charge in [-0.2, -0.15) is 0 Å².